The molecule has 0 aromatic carbocycles. The molecule has 0 N–H and O–H groups in total. The van der Waals surface area contributed by atoms with E-state index >= 15 is 0 Å². The molecule has 0 saturated carbocycles. The van der Waals surface area contributed by atoms with Gasteiger partial charge in [0.2, 0.25) is 0 Å². The van der Waals surface area contributed by atoms with Crippen LogP contribution in [0.4, 0.5) is 0 Å². The summed E-state index contributed by atoms with van der Waals surface area (Å²) < 4.78 is 10.7. The first kappa shape index (κ1) is 17.1. The zero-order valence-electron chi connectivity index (χ0n) is 12.3. The van der Waals surface area contributed by atoms with Crippen LogP contribution in [0.25, 0.3) is 0 Å². The zero-order chi connectivity index (χ0) is 14.5. The number of rotatable bonds is 8. The van der Waals surface area contributed by atoms with Gasteiger partial charge in [-0.2, -0.15) is 0 Å². The van der Waals surface area contributed by atoms with Crippen LogP contribution in [0.5, 0.6) is 11.5 Å². The van der Waals surface area contributed by atoms with Crippen molar-refractivity contribution in [3.05, 3.63) is 33.7 Å². The highest BCUT2D eigenvalue weighted by Gasteiger charge is 1.92. The molecule has 0 saturated heterocycles. The zero-order valence-corrected chi connectivity index (χ0v) is 14.0. The average molecular weight is 312 g/mol. The molecule has 20 heavy (non-hydrogen) atoms. The Morgan fingerprint density at radius 3 is 2.00 bits per heavy atom. The molecule has 0 aliphatic rings. The van der Waals surface area contributed by atoms with Crippen molar-refractivity contribution in [3.63, 3.8) is 0 Å². The van der Waals surface area contributed by atoms with Gasteiger partial charge in [0.05, 0.1) is 13.2 Å². The van der Waals surface area contributed by atoms with E-state index in [1.54, 1.807) is 22.7 Å². The molecule has 2 nitrogen and oxygen atoms in total. The molecule has 0 fully saturated rings. The Labute approximate surface area is 130 Å². The molecule has 0 aliphatic carbocycles. The molecule has 0 aliphatic heterocycles. The molecule has 2 aromatic heterocycles. The fraction of sp³-hybridized carbons (Fsp3) is 0.500. The smallest absolute Gasteiger partial charge is 0.129 e. The van der Waals surface area contributed by atoms with Gasteiger partial charge in [0.25, 0.3) is 0 Å². The maximum atomic E-state index is 5.50. The predicted molar refractivity (Wildman–Crippen MR) is 89.4 cm³/mol. The van der Waals surface area contributed by atoms with Crippen LogP contribution in [0.1, 0.15) is 39.5 Å². The largest absolute Gasteiger partial charge is 0.493 e. The third-order valence-corrected chi connectivity index (χ3v) is 3.89. The lowest BCUT2D eigenvalue weighted by Crippen LogP contribution is -1.95. The molecule has 0 atom stereocenters. The average Bonchev–Trinajstić information content (AvgIpc) is 3.13. The summed E-state index contributed by atoms with van der Waals surface area (Å²) >= 11 is 3.34. The van der Waals surface area contributed by atoms with Crippen LogP contribution >= 0.6 is 22.7 Å². The van der Waals surface area contributed by atoms with E-state index < -0.39 is 0 Å². The van der Waals surface area contributed by atoms with Gasteiger partial charge in [-0.05, 0) is 36.2 Å². The van der Waals surface area contributed by atoms with E-state index in [4.69, 9.17) is 9.47 Å². The van der Waals surface area contributed by atoms with Gasteiger partial charge in [0, 0.05) is 10.8 Å². The Morgan fingerprint density at radius 1 is 0.850 bits per heavy atom. The van der Waals surface area contributed by atoms with Crippen molar-refractivity contribution in [3.8, 4) is 11.5 Å². The molecule has 2 rings (SSSR count). The number of hydrogen-bond acceptors (Lipinski definition) is 4. The molecule has 0 spiro atoms. The molecule has 2 aromatic rings. The minimum atomic E-state index is 0.761. The molecule has 2 heterocycles. The van der Waals surface area contributed by atoms with E-state index in [0.717, 1.165) is 24.7 Å². The monoisotopic (exact) mass is 312 g/mol. The van der Waals surface area contributed by atoms with Gasteiger partial charge in [-0.15, -0.1) is 22.7 Å². The molecule has 0 bridgehead atoms. The summed E-state index contributed by atoms with van der Waals surface area (Å²) in [5.41, 5.74) is 0. The third-order valence-electron chi connectivity index (χ3n) is 2.57. The molecular formula is C16H24O2S2. The molecular weight excluding hydrogens is 288 g/mol. The fourth-order valence-electron chi connectivity index (χ4n) is 1.55. The minimum Gasteiger partial charge on any atom is -0.493 e. The van der Waals surface area contributed by atoms with Crippen molar-refractivity contribution < 1.29 is 9.47 Å². The van der Waals surface area contributed by atoms with Gasteiger partial charge >= 0.3 is 0 Å². The minimum absolute atomic E-state index is 0.761. The van der Waals surface area contributed by atoms with Crippen molar-refractivity contribution in [1.82, 2.24) is 0 Å². The second-order valence-electron chi connectivity index (χ2n) is 4.26. The number of hydrogen-bond donors (Lipinski definition) is 0. The molecule has 112 valence electrons. The first-order valence-corrected chi connectivity index (χ1v) is 9.05. The normalized spacial score (nSPS) is 9.70. The van der Waals surface area contributed by atoms with Crippen LogP contribution in [0, 0.1) is 0 Å². The Hall–Kier alpha value is -1.00. The van der Waals surface area contributed by atoms with Crippen LogP contribution < -0.4 is 9.47 Å². The van der Waals surface area contributed by atoms with E-state index in [1.165, 1.54) is 25.7 Å². The van der Waals surface area contributed by atoms with Gasteiger partial charge in [0.1, 0.15) is 11.5 Å². The van der Waals surface area contributed by atoms with Crippen LogP contribution in [-0.2, 0) is 0 Å². The highest BCUT2D eigenvalue weighted by Crippen LogP contribution is 2.15. The van der Waals surface area contributed by atoms with Crippen molar-refractivity contribution >= 4 is 22.7 Å². The Kier molecular flexibility index (Phi) is 10.1. The summed E-state index contributed by atoms with van der Waals surface area (Å²) in [6, 6.07) is 3.98. The second kappa shape index (κ2) is 11.8. The fourth-order valence-corrected chi connectivity index (χ4v) is 2.70. The highest BCUT2D eigenvalue weighted by atomic mass is 32.1. The Bertz CT molecular complexity index is 396. The predicted octanol–water partition coefficient (Wildman–Crippen LogP) is 5.85. The molecule has 0 radical (unpaired) electrons. The second-order valence-corrected chi connectivity index (χ2v) is 5.82. The van der Waals surface area contributed by atoms with Gasteiger partial charge in [-0.3, -0.25) is 0 Å². The van der Waals surface area contributed by atoms with E-state index in [2.05, 4.69) is 6.92 Å². The lowest BCUT2D eigenvalue weighted by atomic mass is 10.2. The summed E-state index contributed by atoms with van der Waals surface area (Å²) in [4.78, 5) is 0. The van der Waals surface area contributed by atoms with Crippen molar-refractivity contribution in [2.45, 2.75) is 39.5 Å². The van der Waals surface area contributed by atoms with Crippen molar-refractivity contribution in [2.24, 2.45) is 0 Å². The van der Waals surface area contributed by atoms with Crippen LogP contribution in [0.2, 0.25) is 0 Å². The molecule has 4 heteroatoms. The third kappa shape index (κ3) is 8.23. The number of unbranched alkanes of at least 4 members (excludes halogenated alkanes) is 3. The maximum absolute atomic E-state index is 5.50. The van der Waals surface area contributed by atoms with E-state index in [9.17, 15) is 0 Å². The molecule has 0 amide bonds. The summed E-state index contributed by atoms with van der Waals surface area (Å²) in [6.07, 6.45) is 5.09. The number of ether oxygens (including phenoxy) is 2. The van der Waals surface area contributed by atoms with E-state index in [-0.39, 0.29) is 0 Å². The van der Waals surface area contributed by atoms with Gasteiger partial charge in [-0.25, -0.2) is 0 Å². The van der Waals surface area contributed by atoms with Crippen molar-refractivity contribution in [1.29, 1.82) is 0 Å². The van der Waals surface area contributed by atoms with Crippen LogP contribution in [0.3, 0.4) is 0 Å². The summed E-state index contributed by atoms with van der Waals surface area (Å²) in [6.45, 7) is 5.84. The quantitative estimate of drug-likeness (QED) is 0.569. The first-order valence-electron chi connectivity index (χ1n) is 7.16. The maximum Gasteiger partial charge on any atom is 0.129 e. The van der Waals surface area contributed by atoms with Crippen LogP contribution in [0.15, 0.2) is 33.7 Å². The van der Waals surface area contributed by atoms with Gasteiger partial charge < -0.3 is 9.47 Å². The Morgan fingerprint density at radius 2 is 1.50 bits per heavy atom. The summed E-state index contributed by atoms with van der Waals surface area (Å²) in [5, 5.41) is 8.08. The SMILES string of the molecule is CCCCCCOc1ccsc1.CCOc1ccsc1. The summed E-state index contributed by atoms with van der Waals surface area (Å²) in [5.74, 6) is 2.01. The summed E-state index contributed by atoms with van der Waals surface area (Å²) in [7, 11) is 0. The van der Waals surface area contributed by atoms with E-state index in [1.807, 2.05) is 40.6 Å². The van der Waals surface area contributed by atoms with Gasteiger partial charge in [0.15, 0.2) is 0 Å². The topological polar surface area (TPSA) is 18.5 Å². The lowest BCUT2D eigenvalue weighted by molar-refractivity contribution is 0.306. The first-order chi connectivity index (χ1) is 9.86. The standard InChI is InChI=1S/C10H16OS.C6H8OS/c1-2-3-4-5-7-11-10-6-8-12-9-10;1-2-7-6-3-4-8-5-6/h6,8-9H,2-5,7H2,1H3;3-5H,2H2,1H3. The lowest BCUT2D eigenvalue weighted by Gasteiger charge is -2.02. The van der Waals surface area contributed by atoms with Crippen LogP contribution in [-0.4, -0.2) is 13.2 Å². The Balaban J connectivity index is 0.000000217. The van der Waals surface area contributed by atoms with Gasteiger partial charge in [-0.1, -0.05) is 26.2 Å². The number of thiophene rings is 2. The van der Waals surface area contributed by atoms with E-state index in [0.29, 0.717) is 0 Å². The highest BCUT2D eigenvalue weighted by molar-refractivity contribution is 7.08. The molecule has 0 unspecified atom stereocenters. The van der Waals surface area contributed by atoms with Crippen molar-refractivity contribution in [2.75, 3.05) is 13.2 Å².